The van der Waals surface area contributed by atoms with Crippen molar-refractivity contribution in [2.75, 3.05) is 6.54 Å². The van der Waals surface area contributed by atoms with Gasteiger partial charge >= 0.3 is 0 Å². The smallest absolute Gasteiger partial charge is 0.0522 e. The van der Waals surface area contributed by atoms with Gasteiger partial charge in [-0.3, -0.25) is 4.68 Å². The first-order chi connectivity index (χ1) is 5.86. The molecule has 0 spiro atoms. The Morgan fingerprint density at radius 3 is 3.08 bits per heavy atom. The third kappa shape index (κ3) is 2.66. The number of aromatic nitrogens is 2. The van der Waals surface area contributed by atoms with Crippen LogP contribution in [0.25, 0.3) is 0 Å². The highest BCUT2D eigenvalue weighted by molar-refractivity contribution is 5.03. The lowest BCUT2D eigenvalue weighted by molar-refractivity contribution is 0.571. The Balaban J connectivity index is 2.41. The van der Waals surface area contributed by atoms with E-state index in [-0.39, 0.29) is 0 Å². The molecule has 3 nitrogen and oxygen atoms in total. The highest BCUT2D eigenvalue weighted by Crippen LogP contribution is 1.99. The van der Waals surface area contributed by atoms with E-state index < -0.39 is 0 Å². The molecule has 0 aromatic carbocycles. The van der Waals surface area contributed by atoms with Crippen molar-refractivity contribution in [3.8, 4) is 0 Å². The van der Waals surface area contributed by atoms with E-state index in [2.05, 4.69) is 18.2 Å². The van der Waals surface area contributed by atoms with Crippen molar-refractivity contribution in [2.24, 2.45) is 5.73 Å². The van der Waals surface area contributed by atoms with Crippen LogP contribution in [0.15, 0.2) is 12.4 Å². The van der Waals surface area contributed by atoms with Crippen LogP contribution in [0, 0.1) is 0 Å². The van der Waals surface area contributed by atoms with Crippen LogP contribution in [-0.4, -0.2) is 16.3 Å². The van der Waals surface area contributed by atoms with E-state index in [9.17, 15) is 0 Å². The van der Waals surface area contributed by atoms with Gasteiger partial charge in [0.05, 0.1) is 6.20 Å². The summed E-state index contributed by atoms with van der Waals surface area (Å²) in [5.74, 6) is 0. The minimum Gasteiger partial charge on any atom is -0.330 e. The molecular weight excluding hydrogens is 150 g/mol. The zero-order valence-corrected chi connectivity index (χ0v) is 7.66. The van der Waals surface area contributed by atoms with E-state index in [1.54, 1.807) is 0 Å². The van der Waals surface area contributed by atoms with Crippen LogP contribution >= 0.6 is 0 Å². The molecule has 3 heteroatoms. The fourth-order valence-corrected chi connectivity index (χ4v) is 1.14. The fraction of sp³-hybridized carbons (Fsp3) is 0.667. The van der Waals surface area contributed by atoms with E-state index in [0.29, 0.717) is 6.54 Å². The molecule has 0 radical (unpaired) electrons. The van der Waals surface area contributed by atoms with Crippen LogP contribution in [0.2, 0.25) is 0 Å². The summed E-state index contributed by atoms with van der Waals surface area (Å²) in [7, 11) is 0. The Morgan fingerprint density at radius 1 is 1.58 bits per heavy atom. The quantitative estimate of drug-likeness (QED) is 0.715. The highest BCUT2D eigenvalue weighted by atomic mass is 15.3. The lowest BCUT2D eigenvalue weighted by Gasteiger charge is -1.97. The zero-order chi connectivity index (χ0) is 8.81. The number of aryl methyl sites for hydroxylation is 1. The Kier molecular flexibility index (Phi) is 3.80. The Hall–Kier alpha value is -0.830. The van der Waals surface area contributed by atoms with Crippen molar-refractivity contribution in [1.29, 1.82) is 0 Å². The summed E-state index contributed by atoms with van der Waals surface area (Å²) in [4.78, 5) is 0. The number of nitrogens with zero attached hydrogens (tertiary/aromatic N) is 2. The molecule has 1 aromatic rings. The second kappa shape index (κ2) is 4.93. The SMILES string of the molecule is CCCCn1cc(CCN)cn1. The van der Waals surface area contributed by atoms with Gasteiger partial charge in [-0.15, -0.1) is 0 Å². The van der Waals surface area contributed by atoms with Crippen LogP contribution in [-0.2, 0) is 13.0 Å². The number of hydrogen-bond acceptors (Lipinski definition) is 2. The summed E-state index contributed by atoms with van der Waals surface area (Å²) in [6, 6.07) is 0. The molecule has 1 aromatic heterocycles. The lowest BCUT2D eigenvalue weighted by atomic mass is 10.3. The van der Waals surface area contributed by atoms with Crippen molar-refractivity contribution >= 4 is 0 Å². The maximum Gasteiger partial charge on any atom is 0.0522 e. The number of hydrogen-bond donors (Lipinski definition) is 1. The van der Waals surface area contributed by atoms with E-state index >= 15 is 0 Å². The van der Waals surface area contributed by atoms with Crippen molar-refractivity contribution in [1.82, 2.24) is 9.78 Å². The fourth-order valence-electron chi connectivity index (χ4n) is 1.14. The van der Waals surface area contributed by atoms with Gasteiger partial charge < -0.3 is 5.73 Å². The third-order valence-corrected chi connectivity index (χ3v) is 1.86. The number of rotatable bonds is 5. The maximum absolute atomic E-state index is 5.43. The molecule has 0 unspecified atom stereocenters. The first-order valence-electron chi connectivity index (χ1n) is 4.58. The van der Waals surface area contributed by atoms with E-state index in [1.807, 2.05) is 10.9 Å². The Morgan fingerprint density at radius 2 is 2.42 bits per heavy atom. The largest absolute Gasteiger partial charge is 0.330 e. The average molecular weight is 167 g/mol. The second-order valence-electron chi connectivity index (χ2n) is 3.00. The van der Waals surface area contributed by atoms with Gasteiger partial charge in [-0.2, -0.15) is 5.10 Å². The van der Waals surface area contributed by atoms with Gasteiger partial charge in [-0.05, 0) is 24.9 Å². The molecule has 0 fully saturated rings. The van der Waals surface area contributed by atoms with Crippen LogP contribution in [0.4, 0.5) is 0 Å². The molecule has 0 saturated carbocycles. The molecule has 1 rings (SSSR count). The van der Waals surface area contributed by atoms with Crippen LogP contribution in [0.1, 0.15) is 25.3 Å². The Labute approximate surface area is 73.6 Å². The molecule has 0 aliphatic carbocycles. The van der Waals surface area contributed by atoms with Crippen LogP contribution < -0.4 is 5.73 Å². The number of unbranched alkanes of at least 4 members (excludes halogenated alkanes) is 1. The molecule has 0 aliphatic heterocycles. The molecule has 0 amide bonds. The van der Waals surface area contributed by atoms with Crippen molar-refractivity contribution in [2.45, 2.75) is 32.7 Å². The summed E-state index contributed by atoms with van der Waals surface area (Å²) in [6.07, 6.45) is 7.34. The van der Waals surface area contributed by atoms with E-state index in [1.165, 1.54) is 18.4 Å². The molecule has 0 atom stereocenters. The van der Waals surface area contributed by atoms with E-state index in [4.69, 9.17) is 5.73 Å². The first kappa shape index (κ1) is 9.26. The maximum atomic E-state index is 5.43. The number of nitrogens with two attached hydrogens (primary N) is 1. The van der Waals surface area contributed by atoms with Crippen LogP contribution in [0.5, 0.6) is 0 Å². The van der Waals surface area contributed by atoms with Crippen LogP contribution in [0.3, 0.4) is 0 Å². The predicted octanol–water partition coefficient (Wildman–Crippen LogP) is 1.18. The summed E-state index contributed by atoms with van der Waals surface area (Å²) in [5.41, 5.74) is 6.68. The molecule has 12 heavy (non-hydrogen) atoms. The minimum absolute atomic E-state index is 0.708. The van der Waals surface area contributed by atoms with Crippen molar-refractivity contribution in [3.05, 3.63) is 18.0 Å². The lowest BCUT2D eigenvalue weighted by Crippen LogP contribution is -2.02. The standard InChI is InChI=1S/C9H17N3/c1-2-3-6-12-8-9(4-5-10)7-11-12/h7-8H,2-6,10H2,1H3. The first-order valence-corrected chi connectivity index (χ1v) is 4.58. The molecule has 68 valence electrons. The van der Waals surface area contributed by atoms with Gasteiger partial charge in [0.25, 0.3) is 0 Å². The van der Waals surface area contributed by atoms with Gasteiger partial charge in [-0.25, -0.2) is 0 Å². The summed E-state index contributed by atoms with van der Waals surface area (Å²) < 4.78 is 1.99. The van der Waals surface area contributed by atoms with Crippen molar-refractivity contribution in [3.63, 3.8) is 0 Å². The Bertz CT molecular complexity index is 217. The zero-order valence-electron chi connectivity index (χ0n) is 7.66. The van der Waals surface area contributed by atoms with Gasteiger partial charge in [0.1, 0.15) is 0 Å². The second-order valence-corrected chi connectivity index (χ2v) is 3.00. The van der Waals surface area contributed by atoms with Gasteiger partial charge in [0.2, 0.25) is 0 Å². The molecular formula is C9H17N3. The molecule has 2 N–H and O–H groups in total. The topological polar surface area (TPSA) is 43.8 Å². The monoisotopic (exact) mass is 167 g/mol. The van der Waals surface area contributed by atoms with Gasteiger partial charge in [0.15, 0.2) is 0 Å². The summed E-state index contributed by atoms with van der Waals surface area (Å²) in [6.45, 7) is 3.92. The van der Waals surface area contributed by atoms with Gasteiger partial charge in [-0.1, -0.05) is 13.3 Å². The third-order valence-electron chi connectivity index (χ3n) is 1.86. The molecule has 0 aliphatic rings. The highest BCUT2D eigenvalue weighted by Gasteiger charge is 1.95. The van der Waals surface area contributed by atoms with E-state index in [0.717, 1.165) is 13.0 Å². The van der Waals surface area contributed by atoms with Gasteiger partial charge in [0, 0.05) is 12.7 Å². The minimum atomic E-state index is 0.708. The molecule has 1 heterocycles. The van der Waals surface area contributed by atoms with Crippen molar-refractivity contribution < 1.29 is 0 Å². The summed E-state index contributed by atoms with van der Waals surface area (Å²) in [5, 5.41) is 4.23. The molecule has 0 bridgehead atoms. The summed E-state index contributed by atoms with van der Waals surface area (Å²) >= 11 is 0. The predicted molar refractivity (Wildman–Crippen MR) is 49.9 cm³/mol. The average Bonchev–Trinajstić information content (AvgIpc) is 2.50. The normalized spacial score (nSPS) is 10.5. The molecule has 0 saturated heterocycles.